The first-order valence-electron chi connectivity index (χ1n) is 10.3. The molecule has 0 fully saturated rings. The maximum Gasteiger partial charge on any atom is 0.274 e. The third-order valence-electron chi connectivity index (χ3n) is 5.18. The second kappa shape index (κ2) is 9.88. The molecule has 4 aromatic heterocycles. The topological polar surface area (TPSA) is 97.9 Å². The average Bonchev–Trinajstić information content (AvgIpc) is 3.52. The van der Waals surface area contributed by atoms with Gasteiger partial charge in [0.05, 0.1) is 30.4 Å². The molecule has 0 bridgehead atoms. The Labute approximate surface area is 194 Å². The Bertz CT molecular complexity index is 1290. The number of anilines is 1. The number of pyridine rings is 1. The third kappa shape index (κ3) is 5.24. The molecule has 0 aliphatic carbocycles. The number of halogens is 1. The summed E-state index contributed by atoms with van der Waals surface area (Å²) in [7, 11) is 0. The minimum absolute atomic E-state index is 0.0400. The number of hydrogen-bond donors (Lipinski definition) is 2. The molecule has 0 saturated heterocycles. The van der Waals surface area contributed by atoms with Gasteiger partial charge in [0, 0.05) is 30.0 Å². The Kier molecular flexibility index (Phi) is 6.76. The molecule has 4 heterocycles. The van der Waals surface area contributed by atoms with Crippen LogP contribution < -0.4 is 5.32 Å². The van der Waals surface area contributed by atoms with Crippen molar-refractivity contribution >= 4 is 34.5 Å². The number of carbonyl (C=O) groups excluding carboxylic acids is 1. The Morgan fingerprint density at radius 3 is 2.97 bits per heavy atom. The Hall–Kier alpha value is -3.63. The van der Waals surface area contributed by atoms with Crippen molar-refractivity contribution in [3.8, 4) is 0 Å². The fourth-order valence-electron chi connectivity index (χ4n) is 3.37. The Morgan fingerprint density at radius 1 is 1.33 bits per heavy atom. The van der Waals surface area contributed by atoms with Crippen molar-refractivity contribution in [2.45, 2.75) is 26.4 Å². The molecule has 1 atom stereocenters. The van der Waals surface area contributed by atoms with Crippen LogP contribution in [0.25, 0.3) is 12.2 Å². The molecule has 4 rings (SSSR count). The van der Waals surface area contributed by atoms with E-state index >= 15 is 0 Å². The number of aliphatic hydroxyl groups is 1. The molecule has 8 nitrogen and oxygen atoms in total. The summed E-state index contributed by atoms with van der Waals surface area (Å²) in [5.41, 5.74) is 3.59. The lowest BCUT2D eigenvalue weighted by Crippen LogP contribution is -2.17. The summed E-state index contributed by atoms with van der Waals surface area (Å²) in [6.45, 7) is 4.25. The predicted octanol–water partition coefficient (Wildman–Crippen LogP) is 4.01. The van der Waals surface area contributed by atoms with E-state index in [0.29, 0.717) is 28.6 Å². The van der Waals surface area contributed by atoms with Gasteiger partial charge in [-0.15, -0.1) is 11.3 Å². The summed E-state index contributed by atoms with van der Waals surface area (Å²) in [5, 5.41) is 14.5. The van der Waals surface area contributed by atoms with Gasteiger partial charge in [-0.05, 0) is 55.8 Å². The second-order valence-corrected chi connectivity index (χ2v) is 8.39. The Morgan fingerprint density at radius 2 is 2.18 bits per heavy atom. The number of imidazole rings is 1. The van der Waals surface area contributed by atoms with Crippen molar-refractivity contribution in [3.05, 3.63) is 82.7 Å². The van der Waals surface area contributed by atoms with E-state index in [2.05, 4.69) is 20.3 Å². The van der Waals surface area contributed by atoms with Crippen molar-refractivity contribution < 1.29 is 14.3 Å². The zero-order valence-electron chi connectivity index (χ0n) is 18.1. The zero-order chi connectivity index (χ0) is 23.4. The molecule has 0 saturated carbocycles. The summed E-state index contributed by atoms with van der Waals surface area (Å²) >= 11 is 1.32. The van der Waals surface area contributed by atoms with Crippen LogP contribution in [0, 0.1) is 12.9 Å². The lowest BCUT2D eigenvalue weighted by Gasteiger charge is -2.11. The van der Waals surface area contributed by atoms with Crippen LogP contribution in [0.1, 0.15) is 46.1 Å². The molecule has 0 aromatic carbocycles. The van der Waals surface area contributed by atoms with Gasteiger partial charge >= 0.3 is 0 Å². The average molecular weight is 467 g/mol. The van der Waals surface area contributed by atoms with E-state index in [4.69, 9.17) is 0 Å². The molecule has 0 aliphatic heterocycles. The molecule has 2 N–H and O–H groups in total. The molecule has 170 valence electrons. The molecule has 0 spiro atoms. The summed E-state index contributed by atoms with van der Waals surface area (Å²) in [6, 6.07) is 6.47. The molecule has 0 aliphatic rings. The maximum absolute atomic E-state index is 13.4. The van der Waals surface area contributed by atoms with Crippen molar-refractivity contribution in [2.24, 2.45) is 0 Å². The number of nitrogens with zero attached hydrogens (tertiary/aromatic N) is 5. The number of hydrogen-bond acceptors (Lipinski definition) is 6. The third-order valence-corrected chi connectivity index (χ3v) is 5.95. The Balaban J connectivity index is 1.42. The van der Waals surface area contributed by atoms with Crippen molar-refractivity contribution in [1.29, 1.82) is 0 Å². The van der Waals surface area contributed by atoms with E-state index in [9.17, 15) is 14.3 Å². The summed E-state index contributed by atoms with van der Waals surface area (Å²) in [4.78, 5) is 25.2. The molecular weight excluding hydrogens is 443 g/mol. The minimum Gasteiger partial charge on any atom is -0.394 e. The number of carbonyl (C=O) groups is 1. The standard InChI is InChI=1S/C23H23FN6O2S/c1-15(12-31)30-14-26-19(16(30)2)6-5-18-13-33-23(27-18)28-22(32)20-4-3-9-29(20)11-17-7-8-25-21(24)10-17/h3-10,13-15,31H,11-12H2,1-2H3,(H,27,28,32)/b6-5+. The fraction of sp³-hybridized carbons (Fsp3) is 0.217. The first kappa shape index (κ1) is 22.6. The minimum atomic E-state index is -0.557. The molecule has 10 heteroatoms. The van der Waals surface area contributed by atoms with Crippen LogP contribution in [0.5, 0.6) is 0 Å². The fourth-order valence-corrected chi connectivity index (χ4v) is 4.05. The molecule has 4 aromatic rings. The highest BCUT2D eigenvalue weighted by Crippen LogP contribution is 2.20. The van der Waals surface area contributed by atoms with Gasteiger partial charge in [0.2, 0.25) is 5.95 Å². The van der Waals surface area contributed by atoms with Gasteiger partial charge in [0.25, 0.3) is 5.91 Å². The highest BCUT2D eigenvalue weighted by atomic mass is 32.1. The lowest BCUT2D eigenvalue weighted by molar-refractivity contribution is 0.101. The van der Waals surface area contributed by atoms with E-state index in [0.717, 1.165) is 11.4 Å². The van der Waals surface area contributed by atoms with Gasteiger partial charge in [-0.3, -0.25) is 10.1 Å². The smallest absolute Gasteiger partial charge is 0.274 e. The second-order valence-electron chi connectivity index (χ2n) is 7.53. The maximum atomic E-state index is 13.4. The SMILES string of the molecule is Cc1c(/C=C/c2csc(NC(=O)c3cccn3Cc3ccnc(F)c3)n2)ncn1C(C)CO. The van der Waals surface area contributed by atoms with Crippen LogP contribution in [0.2, 0.25) is 0 Å². The molecule has 0 radical (unpaired) electrons. The van der Waals surface area contributed by atoms with E-state index in [-0.39, 0.29) is 18.6 Å². The number of amides is 1. The normalized spacial score (nSPS) is 12.4. The molecule has 1 amide bonds. The summed E-state index contributed by atoms with van der Waals surface area (Å²) in [5.74, 6) is -0.856. The summed E-state index contributed by atoms with van der Waals surface area (Å²) < 4.78 is 17.0. The zero-order valence-corrected chi connectivity index (χ0v) is 19.0. The number of thiazole rings is 1. The van der Waals surface area contributed by atoms with Gasteiger partial charge in [0.15, 0.2) is 5.13 Å². The van der Waals surface area contributed by atoms with Gasteiger partial charge in [-0.1, -0.05) is 0 Å². The first-order valence-corrected chi connectivity index (χ1v) is 11.2. The summed E-state index contributed by atoms with van der Waals surface area (Å²) in [6.07, 6.45) is 8.56. The van der Waals surface area contributed by atoms with Gasteiger partial charge < -0.3 is 14.2 Å². The van der Waals surface area contributed by atoms with Crippen LogP contribution in [0.3, 0.4) is 0 Å². The molecular formula is C23H23FN6O2S. The first-order chi connectivity index (χ1) is 15.9. The van der Waals surface area contributed by atoms with Crippen LogP contribution in [-0.2, 0) is 6.54 Å². The number of aromatic nitrogens is 5. The molecule has 33 heavy (non-hydrogen) atoms. The van der Waals surface area contributed by atoms with Gasteiger partial charge in [-0.25, -0.2) is 15.0 Å². The van der Waals surface area contributed by atoms with Crippen molar-refractivity contribution in [2.75, 3.05) is 11.9 Å². The highest BCUT2D eigenvalue weighted by Gasteiger charge is 2.14. The largest absolute Gasteiger partial charge is 0.394 e. The highest BCUT2D eigenvalue weighted by molar-refractivity contribution is 7.14. The van der Waals surface area contributed by atoms with Crippen LogP contribution in [0.4, 0.5) is 9.52 Å². The lowest BCUT2D eigenvalue weighted by atomic mass is 10.2. The van der Waals surface area contributed by atoms with Crippen LogP contribution in [0.15, 0.2) is 48.4 Å². The van der Waals surface area contributed by atoms with E-state index in [1.54, 1.807) is 35.3 Å². The van der Waals surface area contributed by atoms with Crippen molar-refractivity contribution in [3.63, 3.8) is 0 Å². The number of nitrogens with one attached hydrogen (secondary N) is 1. The number of aliphatic hydroxyl groups excluding tert-OH is 1. The van der Waals surface area contributed by atoms with Crippen molar-refractivity contribution in [1.82, 2.24) is 24.1 Å². The van der Waals surface area contributed by atoms with E-state index in [1.165, 1.54) is 23.6 Å². The van der Waals surface area contributed by atoms with E-state index in [1.807, 2.05) is 35.9 Å². The number of rotatable bonds is 8. The monoisotopic (exact) mass is 466 g/mol. The van der Waals surface area contributed by atoms with Crippen LogP contribution >= 0.6 is 11.3 Å². The van der Waals surface area contributed by atoms with Gasteiger partial charge in [-0.2, -0.15) is 4.39 Å². The van der Waals surface area contributed by atoms with Crippen LogP contribution in [-0.4, -0.2) is 41.7 Å². The predicted molar refractivity (Wildman–Crippen MR) is 125 cm³/mol. The van der Waals surface area contributed by atoms with Gasteiger partial charge in [0.1, 0.15) is 5.69 Å². The molecule has 1 unspecified atom stereocenters. The quantitative estimate of drug-likeness (QED) is 0.383. The van der Waals surface area contributed by atoms with E-state index < -0.39 is 5.95 Å².